The molecule has 7 nitrogen and oxygen atoms in total. The number of carbonyl (C=O) groups excluding carboxylic acids is 1. The monoisotopic (exact) mass is 474 g/mol. The van der Waals surface area contributed by atoms with Gasteiger partial charge in [-0.15, -0.1) is 0 Å². The molecule has 0 amide bonds. The smallest absolute Gasteiger partial charge is 0.280 e. The summed E-state index contributed by atoms with van der Waals surface area (Å²) in [6.45, 7) is 1.93. The highest BCUT2D eigenvalue weighted by atomic mass is 19.1. The molecule has 1 fully saturated rings. The van der Waals surface area contributed by atoms with Crippen LogP contribution in [0.4, 0.5) is 4.39 Å². The minimum Gasteiger partial charge on any atom is -0.506 e. The van der Waals surface area contributed by atoms with Gasteiger partial charge in [0.05, 0.1) is 17.6 Å². The van der Waals surface area contributed by atoms with E-state index in [-0.39, 0.29) is 29.3 Å². The summed E-state index contributed by atoms with van der Waals surface area (Å²) in [4.78, 5) is 21.2. The highest BCUT2D eigenvalue weighted by molar-refractivity contribution is 6.33. The summed E-state index contributed by atoms with van der Waals surface area (Å²) < 4.78 is 30.6. The van der Waals surface area contributed by atoms with Crippen molar-refractivity contribution < 1.29 is 28.5 Å². The molecule has 4 aromatic rings. The number of halogens is 1. The van der Waals surface area contributed by atoms with Crippen molar-refractivity contribution in [2.45, 2.75) is 19.0 Å². The zero-order chi connectivity index (χ0) is 24.6. The Balaban J connectivity index is 1.62. The average Bonchev–Trinajstić information content (AvgIpc) is 3.48. The van der Waals surface area contributed by atoms with Crippen LogP contribution in [0.3, 0.4) is 0 Å². The number of fused-ring (bicyclic) bond motifs is 1. The molecule has 0 spiro atoms. The molecule has 35 heavy (non-hydrogen) atoms. The number of benzene rings is 3. The van der Waals surface area contributed by atoms with Crippen LogP contribution in [0.5, 0.6) is 0 Å². The lowest BCUT2D eigenvalue weighted by atomic mass is 9.97. The maximum atomic E-state index is 13.9. The third-order valence-corrected chi connectivity index (χ3v) is 5.93. The predicted molar refractivity (Wildman–Crippen MR) is 128 cm³/mol. The number of allylic oxidation sites excluding steroid dienone is 1. The molecule has 1 aliphatic rings. The average molecular weight is 474 g/mol. The number of carbonyl (C=O) groups is 1. The van der Waals surface area contributed by atoms with Crippen molar-refractivity contribution in [2.24, 2.45) is 0 Å². The van der Waals surface area contributed by atoms with E-state index >= 15 is 0 Å². The van der Waals surface area contributed by atoms with Crippen molar-refractivity contribution in [2.75, 3.05) is 13.7 Å². The number of imidazole rings is 1. The lowest BCUT2D eigenvalue weighted by molar-refractivity contribution is -0.314. The molecular formula is C27H23FN2O5. The second kappa shape index (κ2) is 9.07. The van der Waals surface area contributed by atoms with E-state index in [1.54, 1.807) is 31.2 Å². The summed E-state index contributed by atoms with van der Waals surface area (Å²) in [6.07, 6.45) is -0.429. The molecule has 178 valence electrons. The molecule has 0 radical (unpaired) electrons. The molecule has 1 saturated heterocycles. The van der Waals surface area contributed by atoms with Gasteiger partial charge in [0.15, 0.2) is 0 Å². The number of nitrogens with one attached hydrogen (secondary N) is 1. The van der Waals surface area contributed by atoms with E-state index in [1.807, 2.05) is 24.3 Å². The number of methoxy groups -OCH3 is 1. The van der Waals surface area contributed by atoms with Gasteiger partial charge in [-0.1, -0.05) is 42.5 Å². The van der Waals surface area contributed by atoms with Crippen LogP contribution < -0.4 is 0 Å². The van der Waals surface area contributed by atoms with Crippen molar-refractivity contribution in [1.29, 1.82) is 0 Å². The largest absolute Gasteiger partial charge is 0.506 e. The summed E-state index contributed by atoms with van der Waals surface area (Å²) in [5.74, 6) is -2.41. The Labute approximate surface area is 200 Å². The number of H-pyrrole nitrogens is 1. The highest BCUT2D eigenvalue weighted by Gasteiger charge is 2.38. The Morgan fingerprint density at radius 2 is 1.89 bits per heavy atom. The third-order valence-electron chi connectivity index (χ3n) is 5.93. The van der Waals surface area contributed by atoms with Gasteiger partial charge in [0.1, 0.15) is 29.1 Å². The zero-order valence-electron chi connectivity index (χ0n) is 19.1. The van der Waals surface area contributed by atoms with Crippen molar-refractivity contribution in [3.8, 4) is 0 Å². The molecule has 2 atom stereocenters. The molecule has 2 unspecified atom stereocenters. The maximum Gasteiger partial charge on any atom is 0.280 e. The number of ether oxygens (including phenoxy) is 3. The molecule has 2 heterocycles. The number of ketones is 1. The molecule has 8 heteroatoms. The van der Waals surface area contributed by atoms with Gasteiger partial charge in [0, 0.05) is 25.2 Å². The number of Topliss-reactive ketones (excluding diaryl/α,β-unsaturated/α-hetero) is 1. The van der Waals surface area contributed by atoms with Gasteiger partial charge < -0.3 is 24.3 Å². The van der Waals surface area contributed by atoms with Crippen molar-refractivity contribution in [3.05, 3.63) is 101 Å². The van der Waals surface area contributed by atoms with Crippen molar-refractivity contribution in [3.63, 3.8) is 0 Å². The number of para-hydroxylation sites is 2. The summed E-state index contributed by atoms with van der Waals surface area (Å²) >= 11 is 0. The van der Waals surface area contributed by atoms with Crippen molar-refractivity contribution >= 4 is 28.1 Å². The molecule has 0 saturated carbocycles. The van der Waals surface area contributed by atoms with E-state index in [1.165, 1.54) is 25.3 Å². The first-order chi connectivity index (χ1) is 16.9. The molecule has 2 N–H and O–H groups in total. The van der Waals surface area contributed by atoms with E-state index < -0.39 is 23.7 Å². The Hall–Kier alpha value is -3.85. The quantitative estimate of drug-likeness (QED) is 0.220. The van der Waals surface area contributed by atoms with E-state index in [0.717, 1.165) is 11.6 Å². The van der Waals surface area contributed by atoms with E-state index in [0.29, 0.717) is 16.6 Å². The number of aromatic nitrogens is 2. The summed E-state index contributed by atoms with van der Waals surface area (Å²) in [7, 11) is 1.49. The van der Waals surface area contributed by atoms with Gasteiger partial charge in [-0.25, -0.2) is 9.37 Å². The Bertz CT molecular complexity index is 1410. The van der Waals surface area contributed by atoms with E-state index in [4.69, 9.17) is 14.2 Å². The number of hydrogen-bond donors (Lipinski definition) is 2. The second-order valence-electron chi connectivity index (χ2n) is 8.28. The first-order valence-corrected chi connectivity index (χ1v) is 11.0. The van der Waals surface area contributed by atoms with Crippen LogP contribution >= 0.6 is 0 Å². The molecular weight excluding hydrogens is 451 g/mol. The fourth-order valence-corrected chi connectivity index (χ4v) is 4.03. The fraction of sp³-hybridized carbons (Fsp3) is 0.185. The predicted octanol–water partition coefficient (Wildman–Crippen LogP) is 5.42. The molecule has 1 aliphatic heterocycles. The van der Waals surface area contributed by atoms with E-state index in [2.05, 4.69) is 9.97 Å². The lowest BCUT2D eigenvalue weighted by Crippen LogP contribution is -2.27. The normalized spacial score (nSPS) is 20.7. The Morgan fingerprint density at radius 1 is 1.11 bits per heavy atom. The Morgan fingerprint density at radius 3 is 2.63 bits per heavy atom. The van der Waals surface area contributed by atoms with Crippen LogP contribution in [0.1, 0.15) is 40.3 Å². The molecule has 0 bridgehead atoms. The second-order valence-corrected chi connectivity index (χ2v) is 8.28. The Kier molecular flexibility index (Phi) is 5.94. The van der Waals surface area contributed by atoms with Gasteiger partial charge in [-0.3, -0.25) is 4.79 Å². The van der Waals surface area contributed by atoms with Crippen LogP contribution in [-0.4, -0.2) is 40.5 Å². The molecule has 0 aliphatic carbocycles. The van der Waals surface area contributed by atoms with Gasteiger partial charge in [-0.2, -0.15) is 0 Å². The van der Waals surface area contributed by atoms with Crippen LogP contribution in [0.2, 0.25) is 0 Å². The van der Waals surface area contributed by atoms with Gasteiger partial charge >= 0.3 is 0 Å². The summed E-state index contributed by atoms with van der Waals surface area (Å²) in [6, 6.07) is 19.6. The third kappa shape index (κ3) is 4.46. The van der Waals surface area contributed by atoms with Crippen LogP contribution in [0.15, 0.2) is 72.8 Å². The molecule has 5 rings (SSSR count). The SMILES string of the molecule is COC1(C)OCC(c2cccc(/C(O)=C(/C(=O)c3cccc(F)c3)c3nc4ccccc4[nH]3)c2)O1. The van der Waals surface area contributed by atoms with Gasteiger partial charge in [0.2, 0.25) is 5.78 Å². The number of aromatic amines is 1. The minimum atomic E-state index is -1.16. The standard InChI is InChI=1S/C27H23FN2O5/c1-27(33-2)34-15-22(35-27)16-7-5-8-17(13-16)24(31)23(25(32)18-9-6-10-19(28)14-18)26-29-20-11-3-4-12-21(20)30-26/h3-14,22,31H,15H2,1-2H3,(H,29,30)/b24-23+. The lowest BCUT2D eigenvalue weighted by Gasteiger charge is -2.20. The fourth-order valence-electron chi connectivity index (χ4n) is 4.03. The first kappa shape index (κ1) is 22.9. The maximum absolute atomic E-state index is 13.9. The minimum absolute atomic E-state index is 0.0747. The highest BCUT2D eigenvalue weighted by Crippen LogP contribution is 2.35. The van der Waals surface area contributed by atoms with Crippen molar-refractivity contribution in [1.82, 2.24) is 9.97 Å². The first-order valence-electron chi connectivity index (χ1n) is 11.0. The number of aliphatic hydroxyl groups is 1. The molecule has 1 aromatic heterocycles. The van der Waals surface area contributed by atoms with Crippen LogP contribution in [-0.2, 0) is 14.2 Å². The topological polar surface area (TPSA) is 93.7 Å². The number of aliphatic hydroxyl groups excluding tert-OH is 1. The summed E-state index contributed by atoms with van der Waals surface area (Å²) in [5, 5.41) is 11.4. The van der Waals surface area contributed by atoms with Gasteiger partial charge in [-0.05, 0) is 35.9 Å². The number of rotatable bonds is 6. The van der Waals surface area contributed by atoms with E-state index in [9.17, 15) is 14.3 Å². The number of nitrogens with zero attached hydrogens (tertiary/aromatic N) is 1. The van der Waals surface area contributed by atoms with Crippen LogP contribution in [0, 0.1) is 5.82 Å². The molecule has 3 aromatic carbocycles. The summed E-state index contributed by atoms with van der Waals surface area (Å²) in [5.41, 5.74) is 2.45. The number of hydrogen-bond acceptors (Lipinski definition) is 6. The van der Waals surface area contributed by atoms with Gasteiger partial charge in [0.25, 0.3) is 5.97 Å². The van der Waals surface area contributed by atoms with Crippen LogP contribution in [0.25, 0.3) is 22.4 Å². The zero-order valence-corrected chi connectivity index (χ0v) is 19.1.